The summed E-state index contributed by atoms with van der Waals surface area (Å²) in [6.07, 6.45) is 7.53. The van der Waals surface area contributed by atoms with Crippen LogP contribution in [0.4, 0.5) is 23.1 Å². The first-order valence-electron chi connectivity index (χ1n) is 11.1. The predicted molar refractivity (Wildman–Crippen MR) is 123 cm³/mol. The van der Waals surface area contributed by atoms with Crippen LogP contribution in [-0.4, -0.2) is 50.7 Å². The molecular formula is C24H26N6O2. The number of pyridine rings is 1. The monoisotopic (exact) mass is 430 g/mol. The molecule has 0 radical (unpaired) electrons. The van der Waals surface area contributed by atoms with Crippen LogP contribution < -0.4 is 15.1 Å². The predicted octanol–water partition coefficient (Wildman–Crippen LogP) is 3.31. The summed E-state index contributed by atoms with van der Waals surface area (Å²) in [5.41, 5.74) is 2.82. The molecule has 3 aromatic rings. The molecule has 2 bridgehead atoms. The lowest BCUT2D eigenvalue weighted by Crippen LogP contribution is -2.54. The van der Waals surface area contributed by atoms with Gasteiger partial charge in [0.05, 0.1) is 23.9 Å². The van der Waals surface area contributed by atoms with Gasteiger partial charge in [-0.3, -0.25) is 9.78 Å². The maximum absolute atomic E-state index is 12.8. The third-order valence-electron chi connectivity index (χ3n) is 7.57. The van der Waals surface area contributed by atoms with E-state index in [-0.39, 0.29) is 18.0 Å². The van der Waals surface area contributed by atoms with Crippen molar-refractivity contribution in [1.82, 2.24) is 15.0 Å². The summed E-state index contributed by atoms with van der Waals surface area (Å²) < 4.78 is 0. The summed E-state index contributed by atoms with van der Waals surface area (Å²) in [5.74, 6) is 1.28. The number of amides is 1. The van der Waals surface area contributed by atoms with Gasteiger partial charge in [0, 0.05) is 29.9 Å². The molecule has 8 heteroatoms. The molecule has 2 aromatic heterocycles. The highest BCUT2D eigenvalue weighted by Gasteiger charge is 2.58. The molecule has 2 fully saturated rings. The van der Waals surface area contributed by atoms with E-state index in [1.807, 2.05) is 25.1 Å². The number of fused-ring (bicyclic) bond motifs is 4. The lowest BCUT2D eigenvalue weighted by molar-refractivity contribution is -0.117. The largest absolute Gasteiger partial charge is 0.390 e. The number of aliphatic hydroxyl groups is 1. The zero-order chi connectivity index (χ0) is 22.1. The molecule has 164 valence electrons. The zero-order valence-corrected chi connectivity index (χ0v) is 18.3. The number of benzene rings is 1. The number of anilines is 4. The molecule has 6 rings (SSSR count). The molecule has 0 atom stereocenters. The van der Waals surface area contributed by atoms with Gasteiger partial charge < -0.3 is 20.2 Å². The van der Waals surface area contributed by atoms with Crippen molar-refractivity contribution in [1.29, 1.82) is 0 Å². The van der Waals surface area contributed by atoms with Gasteiger partial charge in [0.25, 0.3) is 0 Å². The minimum absolute atomic E-state index is 0.0244. The first-order valence-corrected chi connectivity index (χ1v) is 11.1. The lowest BCUT2D eigenvalue weighted by Gasteiger charge is -2.45. The third kappa shape index (κ3) is 2.86. The molecule has 1 amide bonds. The number of hydrogen-bond acceptors (Lipinski definition) is 7. The van der Waals surface area contributed by atoms with Crippen molar-refractivity contribution in [3.05, 3.63) is 42.2 Å². The van der Waals surface area contributed by atoms with Crippen molar-refractivity contribution in [2.75, 3.05) is 28.7 Å². The highest BCUT2D eigenvalue weighted by atomic mass is 16.3. The molecule has 32 heavy (non-hydrogen) atoms. The molecule has 1 aromatic carbocycles. The fourth-order valence-electron chi connectivity index (χ4n) is 5.70. The summed E-state index contributed by atoms with van der Waals surface area (Å²) in [6.45, 7) is 2.31. The quantitative estimate of drug-likeness (QED) is 0.658. The van der Waals surface area contributed by atoms with Gasteiger partial charge in [-0.1, -0.05) is 6.07 Å². The summed E-state index contributed by atoms with van der Waals surface area (Å²) in [4.78, 5) is 30.4. The second kappa shape index (κ2) is 6.62. The van der Waals surface area contributed by atoms with Gasteiger partial charge in [-0.25, -0.2) is 4.98 Å². The highest BCUT2D eigenvalue weighted by molar-refractivity contribution is 6.02. The fourth-order valence-corrected chi connectivity index (χ4v) is 5.70. The average molecular weight is 431 g/mol. The maximum atomic E-state index is 12.8. The Balaban J connectivity index is 1.40. The summed E-state index contributed by atoms with van der Waals surface area (Å²) >= 11 is 0. The van der Waals surface area contributed by atoms with Crippen LogP contribution in [0.2, 0.25) is 0 Å². The molecule has 8 nitrogen and oxygen atoms in total. The number of likely N-dealkylation sites (N-methyl/N-ethyl adjacent to an activating group) is 1. The zero-order valence-electron chi connectivity index (χ0n) is 18.3. The van der Waals surface area contributed by atoms with E-state index >= 15 is 0 Å². The first-order chi connectivity index (χ1) is 15.4. The van der Waals surface area contributed by atoms with Crippen molar-refractivity contribution in [2.45, 2.75) is 50.2 Å². The second-order valence-corrected chi connectivity index (χ2v) is 9.56. The first kappa shape index (κ1) is 19.4. The number of carbonyl (C=O) groups excluding carboxylic acids is 1. The fraction of sp³-hybridized carbons (Fsp3) is 0.417. The van der Waals surface area contributed by atoms with E-state index in [0.29, 0.717) is 18.1 Å². The Morgan fingerprint density at radius 2 is 1.97 bits per heavy atom. The van der Waals surface area contributed by atoms with E-state index in [4.69, 9.17) is 4.98 Å². The number of aryl methyl sites for hydroxylation is 1. The number of aromatic nitrogens is 3. The van der Waals surface area contributed by atoms with E-state index in [2.05, 4.69) is 26.3 Å². The molecule has 0 saturated heterocycles. The van der Waals surface area contributed by atoms with Gasteiger partial charge in [0.15, 0.2) is 5.82 Å². The van der Waals surface area contributed by atoms with E-state index in [0.717, 1.165) is 53.7 Å². The topological polar surface area (TPSA) is 94.5 Å². The normalized spacial score (nSPS) is 26.7. The summed E-state index contributed by atoms with van der Waals surface area (Å²) in [5, 5.41) is 15.2. The third-order valence-corrected chi connectivity index (χ3v) is 7.57. The Morgan fingerprint density at radius 1 is 1.16 bits per heavy atom. The molecular weight excluding hydrogens is 404 g/mol. The Labute approximate surface area is 186 Å². The van der Waals surface area contributed by atoms with Gasteiger partial charge >= 0.3 is 0 Å². The molecule has 0 unspecified atom stereocenters. The number of carbonyl (C=O) groups is 1. The molecule has 3 aliphatic rings. The summed E-state index contributed by atoms with van der Waals surface area (Å²) in [6, 6.07) is 8.06. The molecule has 3 heterocycles. The Kier molecular flexibility index (Phi) is 4.02. The van der Waals surface area contributed by atoms with E-state index in [1.165, 1.54) is 0 Å². The van der Waals surface area contributed by atoms with Gasteiger partial charge in [-0.15, -0.1) is 0 Å². The van der Waals surface area contributed by atoms with Crippen molar-refractivity contribution in [2.24, 2.45) is 0 Å². The van der Waals surface area contributed by atoms with Crippen molar-refractivity contribution >= 4 is 40.0 Å². The molecule has 2 saturated carbocycles. The smallest absolute Gasteiger partial charge is 0.246 e. The van der Waals surface area contributed by atoms with Crippen LogP contribution in [0.25, 0.3) is 10.9 Å². The van der Waals surface area contributed by atoms with Crippen LogP contribution in [0.15, 0.2) is 36.7 Å². The van der Waals surface area contributed by atoms with Crippen LogP contribution in [0.1, 0.15) is 37.7 Å². The molecule has 2 aliphatic carbocycles. The standard InChI is InChI=1S/C24H26N6O2/c1-15-10-18-16(4-3-9-25-18)11-17(15)27-22-26-12-19-21(28-22)30(13-20(31)29(19)2)23-5-7-24(32,14-23)8-6-23/h3-4,9-12,32H,5-8,13-14H2,1-2H3,(H,26,27,28). The Bertz CT molecular complexity index is 1250. The van der Waals surface area contributed by atoms with Gasteiger partial charge in [-0.05, 0) is 62.8 Å². The SMILES string of the molecule is Cc1cc2ncccc2cc1Nc1ncc2c(n1)N(C13CCC(O)(CC1)C3)CC(=O)N2C. The van der Waals surface area contributed by atoms with Crippen LogP contribution in [0.5, 0.6) is 0 Å². The molecule has 0 spiro atoms. The number of hydrogen-bond donors (Lipinski definition) is 2. The number of nitrogens with one attached hydrogen (secondary N) is 1. The maximum Gasteiger partial charge on any atom is 0.246 e. The van der Waals surface area contributed by atoms with Gasteiger partial charge in [-0.2, -0.15) is 4.98 Å². The van der Waals surface area contributed by atoms with Crippen LogP contribution in [-0.2, 0) is 4.79 Å². The highest BCUT2D eigenvalue weighted by Crippen LogP contribution is 2.55. The number of rotatable bonds is 3. The minimum Gasteiger partial charge on any atom is -0.390 e. The minimum atomic E-state index is -0.600. The number of nitrogens with zero attached hydrogens (tertiary/aromatic N) is 5. The van der Waals surface area contributed by atoms with Crippen LogP contribution in [0.3, 0.4) is 0 Å². The van der Waals surface area contributed by atoms with Gasteiger partial charge in [0.2, 0.25) is 11.9 Å². The van der Waals surface area contributed by atoms with Crippen molar-refractivity contribution in [3.8, 4) is 0 Å². The van der Waals surface area contributed by atoms with E-state index < -0.39 is 5.60 Å². The van der Waals surface area contributed by atoms with E-state index in [1.54, 1.807) is 24.3 Å². The Morgan fingerprint density at radius 3 is 2.72 bits per heavy atom. The molecule has 2 N–H and O–H groups in total. The summed E-state index contributed by atoms with van der Waals surface area (Å²) in [7, 11) is 1.77. The second-order valence-electron chi connectivity index (χ2n) is 9.56. The lowest BCUT2D eigenvalue weighted by atomic mass is 9.90. The Hall–Kier alpha value is -3.26. The van der Waals surface area contributed by atoms with Crippen molar-refractivity contribution in [3.63, 3.8) is 0 Å². The van der Waals surface area contributed by atoms with Crippen molar-refractivity contribution < 1.29 is 9.90 Å². The van der Waals surface area contributed by atoms with Gasteiger partial charge in [0.1, 0.15) is 5.69 Å². The van der Waals surface area contributed by atoms with Crippen LogP contribution in [0, 0.1) is 6.92 Å². The average Bonchev–Trinajstić information content (AvgIpc) is 3.31. The van der Waals surface area contributed by atoms with E-state index in [9.17, 15) is 9.90 Å². The van der Waals surface area contributed by atoms with Crippen LogP contribution >= 0.6 is 0 Å². The molecule has 1 aliphatic heterocycles.